The molecule has 0 spiro atoms. The first-order valence-electron chi connectivity index (χ1n) is 6.91. The highest BCUT2D eigenvalue weighted by atomic mass is 16.2. The summed E-state index contributed by atoms with van der Waals surface area (Å²) < 4.78 is 0. The largest absolute Gasteiger partial charge is 0.347 e. The molecule has 1 saturated carbocycles. The summed E-state index contributed by atoms with van der Waals surface area (Å²) in [7, 11) is 0. The van der Waals surface area contributed by atoms with Crippen molar-refractivity contribution in [3.63, 3.8) is 0 Å². The molecular weight excluding hydrogens is 230 g/mol. The Morgan fingerprint density at radius 1 is 1.22 bits per heavy atom. The second-order valence-corrected chi connectivity index (χ2v) is 5.38. The molecular formula is C13H23N3O2. The van der Waals surface area contributed by atoms with Gasteiger partial charge in [-0.1, -0.05) is 0 Å². The van der Waals surface area contributed by atoms with Crippen LogP contribution in [0.1, 0.15) is 32.6 Å². The quantitative estimate of drug-likeness (QED) is 0.731. The van der Waals surface area contributed by atoms with Gasteiger partial charge in [-0.2, -0.15) is 0 Å². The van der Waals surface area contributed by atoms with Crippen LogP contribution in [0.4, 0.5) is 0 Å². The van der Waals surface area contributed by atoms with Crippen LogP contribution >= 0.6 is 0 Å². The molecule has 0 unspecified atom stereocenters. The monoisotopic (exact) mass is 253 g/mol. The van der Waals surface area contributed by atoms with Gasteiger partial charge < -0.3 is 15.5 Å². The van der Waals surface area contributed by atoms with E-state index >= 15 is 0 Å². The van der Waals surface area contributed by atoms with E-state index in [9.17, 15) is 9.59 Å². The number of amides is 2. The third-order valence-corrected chi connectivity index (χ3v) is 3.71. The second kappa shape index (κ2) is 6.18. The number of hydrogen-bond acceptors (Lipinski definition) is 3. The van der Waals surface area contributed by atoms with Crippen LogP contribution in [-0.2, 0) is 9.59 Å². The van der Waals surface area contributed by atoms with Crippen LogP contribution in [0.15, 0.2) is 0 Å². The topological polar surface area (TPSA) is 61.4 Å². The van der Waals surface area contributed by atoms with E-state index in [0.29, 0.717) is 12.0 Å². The lowest BCUT2D eigenvalue weighted by Gasteiger charge is -2.30. The van der Waals surface area contributed by atoms with Crippen LogP contribution in [0.2, 0.25) is 0 Å². The lowest BCUT2D eigenvalue weighted by Crippen LogP contribution is -2.44. The van der Waals surface area contributed by atoms with Gasteiger partial charge in [-0.05, 0) is 44.7 Å². The average Bonchev–Trinajstić information content (AvgIpc) is 3.18. The fourth-order valence-corrected chi connectivity index (χ4v) is 2.48. The summed E-state index contributed by atoms with van der Waals surface area (Å²) in [6, 6.07) is 0.432. The standard InChI is InChI=1S/C13H23N3O2/c1-10(17)15-8-13(18)16(12-2-3-12)9-11-4-6-14-7-5-11/h11-12,14H,2-9H2,1H3,(H,15,17). The summed E-state index contributed by atoms with van der Waals surface area (Å²) in [6.07, 6.45) is 4.54. The Bertz CT molecular complexity index is 309. The lowest BCUT2D eigenvalue weighted by atomic mass is 9.97. The van der Waals surface area contributed by atoms with E-state index < -0.39 is 0 Å². The molecule has 0 radical (unpaired) electrons. The highest BCUT2D eigenvalue weighted by Gasteiger charge is 2.33. The molecule has 1 aliphatic carbocycles. The van der Waals surface area contributed by atoms with E-state index in [1.165, 1.54) is 6.92 Å². The minimum absolute atomic E-state index is 0.0752. The van der Waals surface area contributed by atoms with Gasteiger partial charge in [-0.15, -0.1) is 0 Å². The van der Waals surface area contributed by atoms with Crippen LogP contribution in [0.5, 0.6) is 0 Å². The normalized spacial score (nSPS) is 20.5. The van der Waals surface area contributed by atoms with Crippen molar-refractivity contribution in [1.29, 1.82) is 0 Å². The molecule has 18 heavy (non-hydrogen) atoms. The molecule has 1 saturated heterocycles. The Kier molecular flexibility index (Phi) is 4.58. The van der Waals surface area contributed by atoms with Crippen molar-refractivity contribution < 1.29 is 9.59 Å². The molecule has 2 aliphatic rings. The average molecular weight is 253 g/mol. The summed E-state index contributed by atoms with van der Waals surface area (Å²) in [5.41, 5.74) is 0. The Morgan fingerprint density at radius 2 is 1.89 bits per heavy atom. The van der Waals surface area contributed by atoms with Crippen molar-refractivity contribution in [2.45, 2.75) is 38.6 Å². The summed E-state index contributed by atoms with van der Waals surface area (Å²) in [6.45, 7) is 4.58. The Balaban J connectivity index is 1.82. The number of nitrogens with one attached hydrogen (secondary N) is 2. The van der Waals surface area contributed by atoms with E-state index in [1.807, 2.05) is 4.90 Å². The van der Waals surface area contributed by atoms with Crippen LogP contribution in [0, 0.1) is 5.92 Å². The smallest absolute Gasteiger partial charge is 0.242 e. The van der Waals surface area contributed by atoms with Crippen LogP contribution in [0.25, 0.3) is 0 Å². The zero-order valence-electron chi connectivity index (χ0n) is 11.1. The molecule has 5 heteroatoms. The summed E-state index contributed by atoms with van der Waals surface area (Å²) >= 11 is 0. The third kappa shape index (κ3) is 3.98. The predicted molar refractivity (Wildman–Crippen MR) is 69.0 cm³/mol. The van der Waals surface area contributed by atoms with Gasteiger partial charge in [0.1, 0.15) is 0 Å². The van der Waals surface area contributed by atoms with Gasteiger partial charge in [-0.25, -0.2) is 0 Å². The van der Waals surface area contributed by atoms with Crippen molar-refractivity contribution in [2.75, 3.05) is 26.2 Å². The number of carbonyl (C=O) groups is 2. The zero-order chi connectivity index (χ0) is 13.0. The van der Waals surface area contributed by atoms with Gasteiger partial charge in [0, 0.05) is 19.5 Å². The van der Waals surface area contributed by atoms with Crippen LogP contribution in [0.3, 0.4) is 0 Å². The highest BCUT2D eigenvalue weighted by Crippen LogP contribution is 2.28. The van der Waals surface area contributed by atoms with Crippen molar-refractivity contribution in [1.82, 2.24) is 15.5 Å². The molecule has 2 rings (SSSR count). The number of piperidine rings is 1. The molecule has 1 heterocycles. The first-order valence-corrected chi connectivity index (χ1v) is 6.91. The minimum Gasteiger partial charge on any atom is -0.347 e. The van der Waals surface area contributed by atoms with Gasteiger partial charge in [0.05, 0.1) is 6.54 Å². The molecule has 5 nitrogen and oxygen atoms in total. The molecule has 102 valence electrons. The SMILES string of the molecule is CC(=O)NCC(=O)N(CC1CCNCC1)C1CC1. The Hall–Kier alpha value is -1.10. The maximum Gasteiger partial charge on any atom is 0.242 e. The number of rotatable bonds is 5. The fourth-order valence-electron chi connectivity index (χ4n) is 2.48. The molecule has 0 aromatic carbocycles. The summed E-state index contributed by atoms with van der Waals surface area (Å²) in [5.74, 6) is 0.556. The predicted octanol–water partition coefficient (Wildman–Crippen LogP) is 0.113. The van der Waals surface area contributed by atoms with Crippen molar-refractivity contribution in [3.05, 3.63) is 0 Å². The molecule has 2 N–H and O–H groups in total. The van der Waals surface area contributed by atoms with Crippen molar-refractivity contribution in [2.24, 2.45) is 5.92 Å². The summed E-state index contributed by atoms with van der Waals surface area (Å²) in [4.78, 5) is 24.9. The lowest BCUT2D eigenvalue weighted by molar-refractivity contribution is -0.133. The van der Waals surface area contributed by atoms with Crippen LogP contribution < -0.4 is 10.6 Å². The highest BCUT2D eigenvalue weighted by molar-refractivity contribution is 5.84. The number of hydrogen-bond donors (Lipinski definition) is 2. The fraction of sp³-hybridized carbons (Fsp3) is 0.846. The zero-order valence-corrected chi connectivity index (χ0v) is 11.1. The first-order chi connectivity index (χ1) is 8.66. The van der Waals surface area contributed by atoms with Gasteiger partial charge in [-0.3, -0.25) is 9.59 Å². The van der Waals surface area contributed by atoms with E-state index in [2.05, 4.69) is 10.6 Å². The minimum atomic E-state index is -0.138. The molecule has 2 amide bonds. The number of carbonyl (C=O) groups excluding carboxylic acids is 2. The third-order valence-electron chi connectivity index (χ3n) is 3.71. The summed E-state index contributed by atoms with van der Waals surface area (Å²) in [5, 5.41) is 5.94. The Labute approximate surface area is 108 Å². The van der Waals surface area contributed by atoms with E-state index in [1.54, 1.807) is 0 Å². The maximum absolute atomic E-state index is 12.1. The van der Waals surface area contributed by atoms with Crippen molar-refractivity contribution in [3.8, 4) is 0 Å². The molecule has 2 fully saturated rings. The van der Waals surface area contributed by atoms with E-state index in [-0.39, 0.29) is 18.4 Å². The van der Waals surface area contributed by atoms with Gasteiger partial charge in [0.25, 0.3) is 0 Å². The molecule has 0 bridgehead atoms. The second-order valence-electron chi connectivity index (χ2n) is 5.38. The molecule has 0 aromatic rings. The molecule has 0 atom stereocenters. The van der Waals surface area contributed by atoms with E-state index in [4.69, 9.17) is 0 Å². The van der Waals surface area contributed by atoms with Gasteiger partial charge in [0.15, 0.2) is 0 Å². The van der Waals surface area contributed by atoms with Crippen molar-refractivity contribution >= 4 is 11.8 Å². The van der Waals surface area contributed by atoms with E-state index in [0.717, 1.165) is 45.3 Å². The molecule has 1 aliphatic heterocycles. The van der Waals surface area contributed by atoms with Gasteiger partial charge >= 0.3 is 0 Å². The molecule has 0 aromatic heterocycles. The first kappa shape index (κ1) is 13.3. The maximum atomic E-state index is 12.1. The Morgan fingerprint density at radius 3 is 2.44 bits per heavy atom. The van der Waals surface area contributed by atoms with Gasteiger partial charge in [0.2, 0.25) is 11.8 Å². The van der Waals surface area contributed by atoms with Crippen LogP contribution in [-0.4, -0.2) is 48.9 Å². The number of nitrogens with zero attached hydrogens (tertiary/aromatic N) is 1.